The van der Waals surface area contributed by atoms with Gasteiger partial charge in [-0.05, 0) is 37.1 Å². The third-order valence-corrected chi connectivity index (χ3v) is 5.28. The number of nitriles is 1. The Bertz CT molecular complexity index is 686. The molecule has 23 heavy (non-hydrogen) atoms. The van der Waals surface area contributed by atoms with E-state index in [1.165, 1.54) is 4.31 Å². The molecule has 6 nitrogen and oxygen atoms in total. The molecule has 1 aliphatic carbocycles. The monoisotopic (exact) mass is 335 g/mol. The second-order valence-electron chi connectivity index (χ2n) is 5.84. The molecule has 0 spiro atoms. The molecule has 0 unspecified atom stereocenters. The van der Waals surface area contributed by atoms with Crippen molar-refractivity contribution in [3.63, 3.8) is 0 Å². The van der Waals surface area contributed by atoms with Crippen LogP contribution in [0.25, 0.3) is 0 Å². The van der Waals surface area contributed by atoms with Gasteiger partial charge in [0.05, 0.1) is 24.4 Å². The van der Waals surface area contributed by atoms with Crippen LogP contribution in [0.15, 0.2) is 24.3 Å². The molecule has 1 saturated carbocycles. The zero-order chi connectivity index (χ0) is 16.9. The molecule has 0 bridgehead atoms. The third-order valence-electron chi connectivity index (χ3n) is 4.01. The van der Waals surface area contributed by atoms with Gasteiger partial charge in [-0.2, -0.15) is 9.57 Å². The summed E-state index contributed by atoms with van der Waals surface area (Å²) < 4.78 is 25.3. The lowest BCUT2D eigenvalue weighted by Gasteiger charge is -2.31. The fourth-order valence-corrected chi connectivity index (χ4v) is 3.96. The van der Waals surface area contributed by atoms with Gasteiger partial charge in [0.15, 0.2) is 0 Å². The molecular weight excluding hydrogens is 314 g/mol. The Morgan fingerprint density at radius 3 is 2.39 bits per heavy atom. The third kappa shape index (κ3) is 5.05. The van der Waals surface area contributed by atoms with Crippen molar-refractivity contribution >= 4 is 21.6 Å². The van der Waals surface area contributed by atoms with Crippen LogP contribution in [0, 0.1) is 11.3 Å². The van der Waals surface area contributed by atoms with Crippen molar-refractivity contribution in [1.29, 1.82) is 5.26 Å². The van der Waals surface area contributed by atoms with Crippen LogP contribution in [0.5, 0.6) is 0 Å². The summed E-state index contributed by atoms with van der Waals surface area (Å²) in [5, 5.41) is 11.4. The lowest BCUT2D eigenvalue weighted by molar-refractivity contribution is -0.116. The molecule has 7 heteroatoms. The molecule has 1 aromatic rings. The van der Waals surface area contributed by atoms with Crippen molar-refractivity contribution < 1.29 is 13.2 Å². The van der Waals surface area contributed by atoms with Crippen LogP contribution in [0.1, 0.15) is 37.7 Å². The fourth-order valence-electron chi connectivity index (χ4n) is 2.86. The van der Waals surface area contributed by atoms with Crippen LogP contribution in [0.2, 0.25) is 0 Å². The van der Waals surface area contributed by atoms with Crippen LogP contribution in [-0.2, 0) is 14.8 Å². The fraction of sp³-hybridized carbons (Fsp3) is 0.500. The van der Waals surface area contributed by atoms with Crippen molar-refractivity contribution in [2.75, 3.05) is 18.1 Å². The van der Waals surface area contributed by atoms with Crippen LogP contribution < -0.4 is 5.32 Å². The van der Waals surface area contributed by atoms with Crippen LogP contribution >= 0.6 is 0 Å². The minimum Gasteiger partial charge on any atom is -0.325 e. The van der Waals surface area contributed by atoms with Gasteiger partial charge >= 0.3 is 0 Å². The van der Waals surface area contributed by atoms with Crippen molar-refractivity contribution in [1.82, 2.24) is 4.31 Å². The molecule has 1 N–H and O–H groups in total. The highest BCUT2D eigenvalue weighted by Gasteiger charge is 2.29. The van der Waals surface area contributed by atoms with E-state index in [-0.39, 0.29) is 18.5 Å². The quantitative estimate of drug-likeness (QED) is 0.892. The summed E-state index contributed by atoms with van der Waals surface area (Å²) in [6.45, 7) is -0.177. The number of anilines is 1. The van der Waals surface area contributed by atoms with Gasteiger partial charge in [0.2, 0.25) is 15.9 Å². The maximum atomic E-state index is 12.2. The minimum atomic E-state index is -3.43. The average Bonchev–Trinajstić information content (AvgIpc) is 2.53. The normalized spacial score (nSPS) is 16.0. The summed E-state index contributed by atoms with van der Waals surface area (Å²) in [6.07, 6.45) is 5.86. The number of carbonyl (C=O) groups is 1. The zero-order valence-corrected chi connectivity index (χ0v) is 14.0. The van der Waals surface area contributed by atoms with Crippen LogP contribution in [0.4, 0.5) is 5.69 Å². The van der Waals surface area contributed by atoms with Gasteiger partial charge < -0.3 is 5.32 Å². The van der Waals surface area contributed by atoms with E-state index < -0.39 is 10.0 Å². The van der Waals surface area contributed by atoms with Gasteiger partial charge in [-0.3, -0.25) is 4.79 Å². The van der Waals surface area contributed by atoms with E-state index in [1.54, 1.807) is 24.3 Å². The molecule has 0 aromatic heterocycles. The van der Waals surface area contributed by atoms with Gasteiger partial charge in [0.1, 0.15) is 0 Å². The highest BCUT2D eigenvalue weighted by molar-refractivity contribution is 7.88. The Balaban J connectivity index is 2.03. The summed E-state index contributed by atoms with van der Waals surface area (Å²) in [7, 11) is -3.43. The van der Waals surface area contributed by atoms with Gasteiger partial charge in [-0.25, -0.2) is 8.42 Å². The molecule has 0 saturated heterocycles. The molecule has 1 aromatic carbocycles. The van der Waals surface area contributed by atoms with Crippen molar-refractivity contribution in [2.24, 2.45) is 0 Å². The Morgan fingerprint density at radius 2 is 1.87 bits per heavy atom. The zero-order valence-electron chi connectivity index (χ0n) is 13.2. The molecule has 2 rings (SSSR count). The van der Waals surface area contributed by atoms with Gasteiger partial charge in [0, 0.05) is 11.7 Å². The molecule has 0 aliphatic heterocycles. The molecule has 0 heterocycles. The summed E-state index contributed by atoms with van der Waals surface area (Å²) in [4.78, 5) is 12.2. The number of hydrogen-bond donors (Lipinski definition) is 1. The van der Waals surface area contributed by atoms with E-state index in [1.807, 2.05) is 6.07 Å². The summed E-state index contributed by atoms with van der Waals surface area (Å²) in [6, 6.07) is 8.37. The molecule has 0 radical (unpaired) electrons. The van der Waals surface area contributed by atoms with Gasteiger partial charge in [0.25, 0.3) is 0 Å². The maximum absolute atomic E-state index is 12.2. The number of carbonyl (C=O) groups excluding carboxylic acids is 1. The number of benzene rings is 1. The lowest BCUT2D eigenvalue weighted by atomic mass is 9.95. The van der Waals surface area contributed by atoms with E-state index in [0.29, 0.717) is 11.3 Å². The number of sulfonamides is 1. The van der Waals surface area contributed by atoms with Crippen LogP contribution in [0.3, 0.4) is 0 Å². The molecule has 0 atom stereocenters. The second kappa shape index (κ2) is 7.57. The lowest BCUT2D eigenvalue weighted by Crippen LogP contribution is -2.45. The first-order valence-corrected chi connectivity index (χ1v) is 9.52. The molecule has 1 amide bonds. The molecule has 1 fully saturated rings. The first-order valence-electron chi connectivity index (χ1n) is 7.67. The number of amides is 1. The Labute approximate surface area is 137 Å². The Hall–Kier alpha value is -1.91. The van der Waals surface area contributed by atoms with Gasteiger partial charge in [-0.1, -0.05) is 19.3 Å². The number of nitrogens with zero attached hydrogens (tertiary/aromatic N) is 2. The molecule has 1 aliphatic rings. The highest BCUT2D eigenvalue weighted by Crippen LogP contribution is 2.24. The predicted molar refractivity (Wildman–Crippen MR) is 88.2 cm³/mol. The standard InChI is InChI=1S/C16H21N3O3S/c1-23(21,22)19(15-5-3-2-4-6-15)12-16(20)18-14-9-7-13(11-17)8-10-14/h7-10,15H,2-6,12H2,1H3,(H,18,20). The van der Waals surface area contributed by atoms with Crippen molar-refractivity contribution in [3.05, 3.63) is 29.8 Å². The van der Waals surface area contributed by atoms with E-state index in [9.17, 15) is 13.2 Å². The first kappa shape index (κ1) is 17.4. The van der Waals surface area contributed by atoms with E-state index in [2.05, 4.69) is 5.32 Å². The van der Waals surface area contributed by atoms with Gasteiger partial charge in [-0.15, -0.1) is 0 Å². The molecular formula is C16H21N3O3S. The number of hydrogen-bond acceptors (Lipinski definition) is 4. The number of nitrogens with one attached hydrogen (secondary N) is 1. The topological polar surface area (TPSA) is 90.3 Å². The first-order chi connectivity index (χ1) is 10.9. The van der Waals surface area contributed by atoms with Crippen LogP contribution in [-0.4, -0.2) is 37.5 Å². The summed E-state index contributed by atoms with van der Waals surface area (Å²) in [5.74, 6) is -0.370. The van der Waals surface area contributed by atoms with Crippen molar-refractivity contribution in [3.8, 4) is 6.07 Å². The number of rotatable bonds is 5. The second-order valence-corrected chi connectivity index (χ2v) is 7.77. The Kier molecular flexibility index (Phi) is 5.74. The smallest absolute Gasteiger partial charge is 0.239 e. The average molecular weight is 335 g/mol. The minimum absolute atomic E-state index is 0.0922. The largest absolute Gasteiger partial charge is 0.325 e. The van der Waals surface area contributed by atoms with E-state index in [4.69, 9.17) is 5.26 Å². The van der Waals surface area contributed by atoms with E-state index >= 15 is 0 Å². The maximum Gasteiger partial charge on any atom is 0.239 e. The SMILES string of the molecule is CS(=O)(=O)N(CC(=O)Nc1ccc(C#N)cc1)C1CCCCC1. The summed E-state index contributed by atoms with van der Waals surface area (Å²) >= 11 is 0. The predicted octanol–water partition coefficient (Wildman–Crippen LogP) is 2.09. The summed E-state index contributed by atoms with van der Waals surface area (Å²) in [5.41, 5.74) is 1.05. The molecule has 124 valence electrons. The van der Waals surface area contributed by atoms with E-state index in [0.717, 1.165) is 38.4 Å². The Morgan fingerprint density at radius 1 is 1.26 bits per heavy atom. The highest BCUT2D eigenvalue weighted by atomic mass is 32.2. The van der Waals surface area contributed by atoms with Crippen molar-refractivity contribution in [2.45, 2.75) is 38.1 Å².